The van der Waals surface area contributed by atoms with Gasteiger partial charge in [0.15, 0.2) is 0 Å². The molecule has 1 amide bonds. The first-order chi connectivity index (χ1) is 13.6. The number of nitrogens with one attached hydrogen (secondary N) is 1. The number of para-hydroxylation sites is 1. The van der Waals surface area contributed by atoms with Crippen LogP contribution in [0, 0.1) is 21.4 Å². The zero-order valence-corrected chi connectivity index (χ0v) is 15.4. The van der Waals surface area contributed by atoms with Crippen LogP contribution in [0.3, 0.4) is 0 Å². The second-order valence-electron chi connectivity index (χ2n) is 5.72. The number of nitro groups is 1. The normalized spacial score (nSPS) is 10.8. The number of carbonyl (C=O) groups is 1. The maximum Gasteiger partial charge on any atom is 0.269 e. The van der Waals surface area contributed by atoms with Crippen LogP contribution in [0.5, 0.6) is 0 Å². The first-order valence-corrected chi connectivity index (χ1v) is 9.21. The molecular formula is C19H15N5O3S. The molecule has 0 saturated heterocycles. The quantitative estimate of drug-likeness (QED) is 0.286. The predicted octanol–water partition coefficient (Wildman–Crippen LogP) is 3.32. The summed E-state index contributed by atoms with van der Waals surface area (Å²) in [6.07, 6.45) is 3.36. The lowest BCUT2D eigenvalue weighted by molar-refractivity contribution is -0.384. The summed E-state index contributed by atoms with van der Waals surface area (Å²) in [6.45, 7) is 0.229. The minimum Gasteiger partial charge on any atom is -0.333 e. The van der Waals surface area contributed by atoms with Gasteiger partial charge in [-0.1, -0.05) is 18.2 Å². The summed E-state index contributed by atoms with van der Waals surface area (Å²) < 4.78 is 1.82. The van der Waals surface area contributed by atoms with E-state index in [2.05, 4.69) is 16.6 Å². The molecule has 0 unspecified atom stereocenters. The van der Waals surface area contributed by atoms with Crippen LogP contribution in [0.15, 0.2) is 64.7 Å². The smallest absolute Gasteiger partial charge is 0.269 e. The first-order valence-electron chi connectivity index (χ1n) is 8.22. The lowest BCUT2D eigenvalue weighted by Crippen LogP contribution is -2.19. The van der Waals surface area contributed by atoms with Crippen molar-refractivity contribution in [3.05, 3.63) is 70.4 Å². The minimum absolute atomic E-state index is 0.00830. The first kappa shape index (κ1) is 19.1. The molecule has 8 nitrogen and oxygen atoms in total. The van der Waals surface area contributed by atoms with Gasteiger partial charge in [0, 0.05) is 39.7 Å². The number of amides is 1. The average molecular weight is 393 g/mol. The lowest BCUT2D eigenvalue weighted by atomic mass is 10.2. The molecule has 0 aliphatic heterocycles. The van der Waals surface area contributed by atoms with Gasteiger partial charge in [0.1, 0.15) is 6.54 Å². The molecule has 3 rings (SSSR count). The highest BCUT2D eigenvalue weighted by atomic mass is 32.2. The highest BCUT2D eigenvalue weighted by molar-refractivity contribution is 8.00. The molecule has 9 heteroatoms. The molecule has 1 aromatic heterocycles. The molecule has 0 radical (unpaired) electrons. The molecule has 140 valence electrons. The third-order valence-corrected chi connectivity index (χ3v) is 4.88. The van der Waals surface area contributed by atoms with E-state index in [4.69, 9.17) is 5.26 Å². The number of hydrazone groups is 1. The number of benzene rings is 2. The van der Waals surface area contributed by atoms with E-state index in [0.29, 0.717) is 0 Å². The van der Waals surface area contributed by atoms with Crippen LogP contribution in [-0.4, -0.2) is 27.4 Å². The summed E-state index contributed by atoms with van der Waals surface area (Å²) in [4.78, 5) is 22.9. The molecule has 0 aliphatic carbocycles. The van der Waals surface area contributed by atoms with E-state index in [9.17, 15) is 14.9 Å². The van der Waals surface area contributed by atoms with Crippen molar-refractivity contribution in [1.29, 1.82) is 5.26 Å². The highest BCUT2D eigenvalue weighted by Gasteiger charge is 2.08. The zero-order valence-electron chi connectivity index (χ0n) is 14.6. The molecule has 0 fully saturated rings. The highest BCUT2D eigenvalue weighted by Crippen LogP contribution is 2.21. The standard InChI is InChI=1S/C19H15N5O3S/c20-9-10-23-12-14(17-3-1-2-4-18(17)23)11-21-22-19(25)13-28-16-7-5-15(6-8-16)24(26)27/h1-8,11-12H,10,13H2,(H,22,25). The Balaban J connectivity index is 1.59. The summed E-state index contributed by atoms with van der Waals surface area (Å²) in [5.41, 5.74) is 4.19. The molecule has 28 heavy (non-hydrogen) atoms. The van der Waals surface area contributed by atoms with Crippen LogP contribution in [0.1, 0.15) is 5.56 Å². The van der Waals surface area contributed by atoms with Gasteiger partial charge in [-0.3, -0.25) is 14.9 Å². The van der Waals surface area contributed by atoms with E-state index >= 15 is 0 Å². The second-order valence-corrected chi connectivity index (χ2v) is 6.77. The zero-order chi connectivity index (χ0) is 19.9. The van der Waals surface area contributed by atoms with Crippen LogP contribution >= 0.6 is 11.8 Å². The molecule has 0 saturated carbocycles. The largest absolute Gasteiger partial charge is 0.333 e. The minimum atomic E-state index is -0.469. The van der Waals surface area contributed by atoms with E-state index in [1.165, 1.54) is 23.9 Å². The number of hydrogen-bond acceptors (Lipinski definition) is 6. The number of nitro benzene ring substituents is 1. The van der Waals surface area contributed by atoms with Gasteiger partial charge in [0.25, 0.3) is 5.69 Å². The summed E-state index contributed by atoms with van der Waals surface area (Å²) in [7, 11) is 0. The fraction of sp³-hybridized carbons (Fsp3) is 0.105. The maximum atomic E-state index is 12.0. The van der Waals surface area contributed by atoms with E-state index in [0.717, 1.165) is 21.4 Å². The Bertz CT molecular complexity index is 1080. The number of fused-ring (bicyclic) bond motifs is 1. The number of rotatable bonds is 7. The molecule has 3 aromatic rings. The predicted molar refractivity (Wildman–Crippen MR) is 107 cm³/mol. The Hall–Kier alpha value is -3.64. The number of carbonyl (C=O) groups excluding carboxylic acids is 1. The van der Waals surface area contributed by atoms with Gasteiger partial charge in [0.05, 0.1) is 23.0 Å². The van der Waals surface area contributed by atoms with Crippen LogP contribution in [0.25, 0.3) is 10.9 Å². The molecular weight excluding hydrogens is 378 g/mol. The van der Waals surface area contributed by atoms with Crippen molar-refractivity contribution in [2.75, 3.05) is 5.75 Å². The van der Waals surface area contributed by atoms with Gasteiger partial charge in [-0.25, -0.2) is 5.43 Å². The van der Waals surface area contributed by atoms with E-state index in [1.807, 2.05) is 35.0 Å². The SMILES string of the molecule is N#CCn1cc(C=NNC(=O)CSc2ccc([N+](=O)[O-])cc2)c2ccccc21. The fourth-order valence-electron chi connectivity index (χ4n) is 2.60. The molecule has 1 heterocycles. The molecule has 0 atom stereocenters. The summed E-state index contributed by atoms with van der Waals surface area (Å²) in [5.74, 6) is -0.161. The van der Waals surface area contributed by atoms with Crippen molar-refractivity contribution in [3.63, 3.8) is 0 Å². The third-order valence-electron chi connectivity index (χ3n) is 3.87. The van der Waals surface area contributed by atoms with Gasteiger partial charge in [-0.2, -0.15) is 10.4 Å². The van der Waals surface area contributed by atoms with Crippen molar-refractivity contribution in [2.45, 2.75) is 11.4 Å². The molecule has 0 spiro atoms. The Morgan fingerprint density at radius 1 is 1.29 bits per heavy atom. The Kier molecular flexibility index (Phi) is 6.04. The van der Waals surface area contributed by atoms with Crippen molar-refractivity contribution >= 4 is 40.5 Å². The van der Waals surface area contributed by atoms with Gasteiger partial charge >= 0.3 is 0 Å². The van der Waals surface area contributed by atoms with Crippen molar-refractivity contribution in [3.8, 4) is 6.07 Å². The molecule has 0 aliphatic rings. The fourth-order valence-corrected chi connectivity index (χ4v) is 3.29. The van der Waals surface area contributed by atoms with E-state index in [1.54, 1.807) is 18.3 Å². The maximum absolute atomic E-state index is 12.0. The molecule has 0 bridgehead atoms. The topological polar surface area (TPSA) is 113 Å². The second kappa shape index (κ2) is 8.83. The number of nitriles is 1. The summed E-state index contributed by atoms with van der Waals surface area (Å²) in [5, 5.41) is 24.5. The van der Waals surface area contributed by atoms with Gasteiger partial charge in [-0.15, -0.1) is 11.8 Å². The molecule has 2 aromatic carbocycles. The van der Waals surface area contributed by atoms with Crippen LogP contribution in [0.2, 0.25) is 0 Å². The molecule has 1 N–H and O–H groups in total. The van der Waals surface area contributed by atoms with Crippen LogP contribution in [0.4, 0.5) is 5.69 Å². The number of non-ortho nitro benzene ring substituents is 1. The van der Waals surface area contributed by atoms with Gasteiger partial charge in [-0.05, 0) is 18.2 Å². The Morgan fingerprint density at radius 3 is 2.75 bits per heavy atom. The number of nitrogens with zero attached hydrogens (tertiary/aromatic N) is 4. The van der Waals surface area contributed by atoms with Gasteiger partial charge in [0.2, 0.25) is 5.91 Å². The third kappa shape index (κ3) is 4.55. The summed E-state index contributed by atoms with van der Waals surface area (Å²) in [6, 6.07) is 15.8. The van der Waals surface area contributed by atoms with Crippen molar-refractivity contribution < 1.29 is 9.72 Å². The monoisotopic (exact) mass is 393 g/mol. The van der Waals surface area contributed by atoms with Gasteiger partial charge < -0.3 is 4.57 Å². The van der Waals surface area contributed by atoms with E-state index < -0.39 is 4.92 Å². The Labute approximate surface area is 164 Å². The number of hydrogen-bond donors (Lipinski definition) is 1. The lowest BCUT2D eigenvalue weighted by Gasteiger charge is -2.00. The van der Waals surface area contributed by atoms with E-state index in [-0.39, 0.29) is 23.9 Å². The van der Waals surface area contributed by atoms with Crippen molar-refractivity contribution in [1.82, 2.24) is 9.99 Å². The Morgan fingerprint density at radius 2 is 2.04 bits per heavy atom. The van der Waals surface area contributed by atoms with Crippen LogP contribution < -0.4 is 5.43 Å². The average Bonchev–Trinajstić information content (AvgIpc) is 3.05. The van der Waals surface area contributed by atoms with Crippen LogP contribution in [-0.2, 0) is 11.3 Å². The van der Waals surface area contributed by atoms with Crippen molar-refractivity contribution in [2.24, 2.45) is 5.10 Å². The number of aromatic nitrogens is 1. The number of thioether (sulfide) groups is 1. The summed E-state index contributed by atoms with van der Waals surface area (Å²) >= 11 is 1.26.